The molecule has 0 spiro atoms. The lowest BCUT2D eigenvalue weighted by molar-refractivity contribution is 0.0215. The van der Waals surface area contributed by atoms with Gasteiger partial charge in [0.25, 0.3) is 0 Å². The molecular formula is C14H22N2O. The first-order valence-corrected chi connectivity index (χ1v) is 6.61. The fourth-order valence-electron chi connectivity index (χ4n) is 2.65. The van der Waals surface area contributed by atoms with Gasteiger partial charge in [0.05, 0.1) is 5.69 Å². The Labute approximate surface area is 103 Å². The third-order valence-corrected chi connectivity index (χ3v) is 3.77. The first-order valence-electron chi connectivity index (χ1n) is 6.61. The Hall–Kier alpha value is -0.930. The van der Waals surface area contributed by atoms with Crippen molar-refractivity contribution in [1.29, 1.82) is 0 Å². The average molecular weight is 234 g/mol. The van der Waals surface area contributed by atoms with Gasteiger partial charge in [0.15, 0.2) is 5.72 Å². The SMILES string of the molecule is N[C@@](O)(CCC1CCCCC1)c1ccccn1. The molecule has 94 valence electrons. The van der Waals surface area contributed by atoms with Crippen LogP contribution in [0.3, 0.4) is 0 Å². The van der Waals surface area contributed by atoms with Gasteiger partial charge in [-0.15, -0.1) is 0 Å². The van der Waals surface area contributed by atoms with Crippen LogP contribution in [0.1, 0.15) is 50.6 Å². The van der Waals surface area contributed by atoms with Gasteiger partial charge >= 0.3 is 0 Å². The van der Waals surface area contributed by atoms with Crippen LogP contribution in [0.25, 0.3) is 0 Å². The summed E-state index contributed by atoms with van der Waals surface area (Å²) in [6.45, 7) is 0. The van der Waals surface area contributed by atoms with Crippen LogP contribution in [0.2, 0.25) is 0 Å². The molecule has 3 nitrogen and oxygen atoms in total. The van der Waals surface area contributed by atoms with E-state index >= 15 is 0 Å². The normalized spacial score (nSPS) is 21.1. The number of hydrogen-bond donors (Lipinski definition) is 2. The number of hydrogen-bond acceptors (Lipinski definition) is 3. The monoisotopic (exact) mass is 234 g/mol. The van der Waals surface area contributed by atoms with Crippen LogP contribution >= 0.6 is 0 Å². The number of nitrogens with two attached hydrogens (primary N) is 1. The van der Waals surface area contributed by atoms with Crippen LogP contribution in [0.5, 0.6) is 0 Å². The van der Waals surface area contributed by atoms with Crippen LogP contribution in [-0.4, -0.2) is 10.1 Å². The number of nitrogens with zero attached hydrogens (tertiary/aromatic N) is 1. The zero-order valence-corrected chi connectivity index (χ0v) is 10.3. The fourth-order valence-corrected chi connectivity index (χ4v) is 2.65. The van der Waals surface area contributed by atoms with Crippen molar-refractivity contribution in [3.63, 3.8) is 0 Å². The quantitative estimate of drug-likeness (QED) is 0.787. The molecule has 17 heavy (non-hydrogen) atoms. The molecule has 0 unspecified atom stereocenters. The molecule has 1 aliphatic carbocycles. The summed E-state index contributed by atoms with van der Waals surface area (Å²) in [4.78, 5) is 4.14. The fraction of sp³-hybridized carbons (Fsp3) is 0.643. The van der Waals surface area contributed by atoms with E-state index in [4.69, 9.17) is 5.73 Å². The summed E-state index contributed by atoms with van der Waals surface area (Å²) in [6, 6.07) is 5.49. The van der Waals surface area contributed by atoms with E-state index < -0.39 is 5.72 Å². The highest BCUT2D eigenvalue weighted by molar-refractivity contribution is 5.10. The summed E-state index contributed by atoms with van der Waals surface area (Å²) in [5.74, 6) is 0.738. The summed E-state index contributed by atoms with van der Waals surface area (Å²) in [5.41, 5.74) is 5.26. The molecule has 1 heterocycles. The van der Waals surface area contributed by atoms with Crippen LogP contribution in [0.15, 0.2) is 24.4 Å². The van der Waals surface area contributed by atoms with Gasteiger partial charge in [-0.05, 0) is 30.9 Å². The standard InChI is InChI=1S/C14H22N2O/c15-14(17,13-8-4-5-11-16-13)10-9-12-6-2-1-3-7-12/h4-5,8,11-12,17H,1-3,6-7,9-10,15H2/t14-/m1/s1. The van der Waals surface area contributed by atoms with E-state index in [-0.39, 0.29) is 0 Å². The Balaban J connectivity index is 1.88. The van der Waals surface area contributed by atoms with Crippen molar-refractivity contribution in [2.45, 2.75) is 50.7 Å². The Morgan fingerprint density at radius 2 is 2.06 bits per heavy atom. The largest absolute Gasteiger partial charge is 0.370 e. The van der Waals surface area contributed by atoms with Crippen molar-refractivity contribution in [1.82, 2.24) is 4.98 Å². The number of rotatable bonds is 4. The molecule has 0 aliphatic heterocycles. The smallest absolute Gasteiger partial charge is 0.156 e. The van der Waals surface area contributed by atoms with Gasteiger partial charge in [-0.3, -0.25) is 10.7 Å². The number of aromatic nitrogens is 1. The van der Waals surface area contributed by atoms with Crippen molar-refractivity contribution in [3.05, 3.63) is 30.1 Å². The van der Waals surface area contributed by atoms with E-state index in [0.717, 1.165) is 12.3 Å². The molecule has 0 aromatic carbocycles. The maximum absolute atomic E-state index is 10.2. The highest BCUT2D eigenvalue weighted by Gasteiger charge is 2.26. The Bertz CT molecular complexity index is 331. The Kier molecular flexibility index (Phi) is 4.13. The van der Waals surface area contributed by atoms with E-state index in [1.54, 1.807) is 12.3 Å². The molecule has 1 fully saturated rings. The average Bonchev–Trinajstić information content (AvgIpc) is 2.39. The van der Waals surface area contributed by atoms with Crippen LogP contribution in [-0.2, 0) is 5.72 Å². The molecular weight excluding hydrogens is 212 g/mol. The number of aliphatic hydroxyl groups is 1. The van der Waals surface area contributed by atoms with E-state index in [2.05, 4.69) is 4.98 Å². The van der Waals surface area contributed by atoms with Gasteiger partial charge in [-0.1, -0.05) is 38.2 Å². The molecule has 0 bridgehead atoms. The second-order valence-corrected chi connectivity index (χ2v) is 5.18. The molecule has 0 amide bonds. The molecule has 0 saturated heterocycles. The first kappa shape index (κ1) is 12.5. The third-order valence-electron chi connectivity index (χ3n) is 3.77. The highest BCUT2D eigenvalue weighted by atomic mass is 16.3. The van der Waals surface area contributed by atoms with Gasteiger partial charge in [0.1, 0.15) is 0 Å². The van der Waals surface area contributed by atoms with Gasteiger partial charge in [0, 0.05) is 6.20 Å². The summed E-state index contributed by atoms with van der Waals surface area (Å²) in [5, 5.41) is 10.2. The first-order chi connectivity index (χ1) is 8.18. The third kappa shape index (κ3) is 3.51. The lowest BCUT2D eigenvalue weighted by atomic mass is 9.84. The predicted molar refractivity (Wildman–Crippen MR) is 68.1 cm³/mol. The Morgan fingerprint density at radius 3 is 2.71 bits per heavy atom. The molecule has 2 rings (SSSR count). The molecule has 3 heteroatoms. The number of pyridine rings is 1. The second kappa shape index (κ2) is 5.61. The summed E-state index contributed by atoms with van der Waals surface area (Å²) in [6.07, 6.45) is 9.89. The minimum Gasteiger partial charge on any atom is -0.370 e. The summed E-state index contributed by atoms with van der Waals surface area (Å²) in [7, 11) is 0. The molecule has 1 aliphatic rings. The highest BCUT2D eigenvalue weighted by Crippen LogP contribution is 2.30. The van der Waals surface area contributed by atoms with Crippen LogP contribution in [0.4, 0.5) is 0 Å². The van der Waals surface area contributed by atoms with Crippen molar-refractivity contribution >= 4 is 0 Å². The maximum atomic E-state index is 10.2. The summed E-state index contributed by atoms with van der Waals surface area (Å²) < 4.78 is 0. The van der Waals surface area contributed by atoms with Gasteiger partial charge < -0.3 is 5.11 Å². The summed E-state index contributed by atoms with van der Waals surface area (Å²) >= 11 is 0. The van der Waals surface area contributed by atoms with Crippen LogP contribution in [0, 0.1) is 5.92 Å². The van der Waals surface area contributed by atoms with E-state index in [9.17, 15) is 5.11 Å². The molecule has 3 N–H and O–H groups in total. The predicted octanol–water partition coefficient (Wildman–Crippen LogP) is 2.55. The van der Waals surface area contributed by atoms with E-state index in [1.165, 1.54) is 32.1 Å². The van der Waals surface area contributed by atoms with Gasteiger partial charge in [-0.25, -0.2) is 0 Å². The minimum absolute atomic E-state index is 0.579. The van der Waals surface area contributed by atoms with Gasteiger partial charge in [-0.2, -0.15) is 0 Å². The zero-order valence-electron chi connectivity index (χ0n) is 10.3. The Morgan fingerprint density at radius 1 is 1.29 bits per heavy atom. The van der Waals surface area contributed by atoms with Gasteiger partial charge in [0.2, 0.25) is 0 Å². The molecule has 1 aromatic heterocycles. The van der Waals surface area contributed by atoms with Crippen molar-refractivity contribution in [2.24, 2.45) is 11.7 Å². The van der Waals surface area contributed by atoms with E-state index in [0.29, 0.717) is 12.1 Å². The minimum atomic E-state index is -1.27. The van der Waals surface area contributed by atoms with Crippen molar-refractivity contribution in [3.8, 4) is 0 Å². The lowest BCUT2D eigenvalue weighted by Crippen LogP contribution is -2.37. The zero-order chi connectivity index (χ0) is 12.1. The molecule has 1 atom stereocenters. The molecule has 1 saturated carbocycles. The lowest BCUT2D eigenvalue weighted by Gasteiger charge is -2.27. The topological polar surface area (TPSA) is 59.1 Å². The van der Waals surface area contributed by atoms with Crippen molar-refractivity contribution in [2.75, 3.05) is 0 Å². The molecule has 1 aromatic rings. The van der Waals surface area contributed by atoms with Crippen molar-refractivity contribution < 1.29 is 5.11 Å². The molecule has 0 radical (unpaired) electrons. The van der Waals surface area contributed by atoms with E-state index in [1.807, 2.05) is 12.1 Å². The maximum Gasteiger partial charge on any atom is 0.156 e. The van der Waals surface area contributed by atoms with Crippen LogP contribution < -0.4 is 5.73 Å². The second-order valence-electron chi connectivity index (χ2n) is 5.18.